The highest BCUT2D eigenvalue weighted by Gasteiger charge is 2.54. The number of carbonyl (C=O) groups is 3. The average Bonchev–Trinajstić information content (AvgIpc) is 3.50. The zero-order valence-corrected chi connectivity index (χ0v) is 19.3. The number of pyridine rings is 1. The summed E-state index contributed by atoms with van der Waals surface area (Å²) >= 11 is 0. The fraction of sp³-hybridized carbons (Fsp3) is 0.609. The predicted octanol–water partition coefficient (Wildman–Crippen LogP) is 3.52. The summed E-state index contributed by atoms with van der Waals surface area (Å²) < 4.78 is 5.37. The summed E-state index contributed by atoms with van der Waals surface area (Å²) in [5.41, 5.74) is -0.581. The first-order valence-electron chi connectivity index (χ1n) is 11.0. The van der Waals surface area contributed by atoms with Crippen molar-refractivity contribution in [2.24, 2.45) is 16.8 Å². The first-order valence-corrected chi connectivity index (χ1v) is 11.0. The van der Waals surface area contributed by atoms with Gasteiger partial charge in [-0.1, -0.05) is 19.9 Å². The van der Waals surface area contributed by atoms with Gasteiger partial charge >= 0.3 is 12.1 Å². The van der Waals surface area contributed by atoms with Gasteiger partial charge in [0, 0.05) is 17.9 Å². The number of amides is 2. The SMILES string of the molecule is CCC1(CC)CC(=O)N([C@H](c2cccnc2)[C@@H]2C[C@H]2C(=O)O)/C(=N/C(=O)OC(C)(C)C)N1. The van der Waals surface area contributed by atoms with Crippen LogP contribution in [0, 0.1) is 11.8 Å². The van der Waals surface area contributed by atoms with Crippen molar-refractivity contribution in [3.63, 3.8) is 0 Å². The van der Waals surface area contributed by atoms with Gasteiger partial charge in [-0.2, -0.15) is 0 Å². The van der Waals surface area contributed by atoms with Gasteiger partial charge in [0.2, 0.25) is 11.9 Å². The molecule has 9 nitrogen and oxygen atoms in total. The molecule has 0 bridgehead atoms. The molecule has 1 saturated carbocycles. The number of guanidine groups is 1. The second-order valence-electron chi connectivity index (χ2n) is 9.54. The van der Waals surface area contributed by atoms with Gasteiger partial charge < -0.3 is 15.2 Å². The van der Waals surface area contributed by atoms with Crippen molar-refractivity contribution in [3.05, 3.63) is 30.1 Å². The van der Waals surface area contributed by atoms with Gasteiger partial charge in [-0.05, 0) is 57.6 Å². The Hall–Kier alpha value is -2.97. The molecule has 2 heterocycles. The number of ether oxygens (including phenoxy) is 1. The van der Waals surface area contributed by atoms with Gasteiger partial charge in [-0.3, -0.25) is 19.5 Å². The monoisotopic (exact) mass is 444 g/mol. The lowest BCUT2D eigenvalue weighted by Gasteiger charge is -2.45. The number of carbonyl (C=O) groups excluding carboxylic acids is 2. The summed E-state index contributed by atoms with van der Waals surface area (Å²) in [6, 6.07) is 2.96. The Morgan fingerprint density at radius 1 is 1.38 bits per heavy atom. The molecule has 3 atom stereocenters. The third-order valence-electron chi connectivity index (χ3n) is 6.17. The number of rotatable bonds is 6. The van der Waals surface area contributed by atoms with Gasteiger partial charge in [-0.15, -0.1) is 4.99 Å². The third-order valence-corrected chi connectivity index (χ3v) is 6.17. The number of nitrogens with one attached hydrogen (secondary N) is 1. The second kappa shape index (κ2) is 8.88. The molecule has 32 heavy (non-hydrogen) atoms. The van der Waals surface area contributed by atoms with E-state index in [1.165, 1.54) is 4.90 Å². The number of carboxylic acids is 1. The Kier molecular flexibility index (Phi) is 6.57. The van der Waals surface area contributed by atoms with Crippen molar-refractivity contribution in [3.8, 4) is 0 Å². The first kappa shape index (κ1) is 23.7. The number of hydrogen-bond donors (Lipinski definition) is 2. The van der Waals surface area contributed by atoms with Crippen molar-refractivity contribution < 1.29 is 24.2 Å². The number of aromatic nitrogens is 1. The fourth-order valence-corrected chi connectivity index (χ4v) is 4.24. The van der Waals surface area contributed by atoms with Gasteiger partial charge in [0.15, 0.2) is 0 Å². The van der Waals surface area contributed by atoms with E-state index >= 15 is 0 Å². The van der Waals surface area contributed by atoms with Crippen LogP contribution < -0.4 is 5.32 Å². The quantitative estimate of drug-likeness (QED) is 0.688. The van der Waals surface area contributed by atoms with E-state index in [1.807, 2.05) is 19.9 Å². The average molecular weight is 445 g/mol. The Morgan fingerprint density at radius 2 is 2.06 bits per heavy atom. The summed E-state index contributed by atoms with van der Waals surface area (Å²) in [5.74, 6) is -1.88. The molecule has 0 radical (unpaired) electrons. The van der Waals surface area contributed by atoms with Crippen LogP contribution in [0.15, 0.2) is 29.5 Å². The van der Waals surface area contributed by atoms with Crippen LogP contribution in [-0.2, 0) is 14.3 Å². The Labute approximate surface area is 188 Å². The molecule has 2 amide bonds. The highest BCUT2D eigenvalue weighted by molar-refractivity contribution is 6.04. The van der Waals surface area contributed by atoms with Crippen molar-refractivity contribution in [2.75, 3.05) is 0 Å². The van der Waals surface area contributed by atoms with Crippen LogP contribution in [0.25, 0.3) is 0 Å². The maximum Gasteiger partial charge on any atom is 0.437 e. The number of nitrogens with zero attached hydrogens (tertiary/aromatic N) is 3. The Bertz CT molecular complexity index is 905. The van der Waals surface area contributed by atoms with Crippen LogP contribution in [0.5, 0.6) is 0 Å². The van der Waals surface area contributed by atoms with Crippen LogP contribution in [-0.4, -0.2) is 50.1 Å². The molecule has 0 aromatic carbocycles. The van der Waals surface area contributed by atoms with E-state index in [2.05, 4.69) is 15.3 Å². The van der Waals surface area contributed by atoms with E-state index in [1.54, 1.807) is 39.2 Å². The summed E-state index contributed by atoms with van der Waals surface area (Å²) in [7, 11) is 0. The Balaban J connectivity index is 2.06. The standard InChI is InChI=1S/C23H32N4O5/c1-6-23(7-2)12-17(28)27(20(26-23)25-21(31)32-22(3,4)5)18(14-9-8-10-24-13-14)15-11-16(15)19(29)30/h8-10,13,15-16,18H,6-7,11-12H2,1-5H3,(H,29,30)(H,25,26,31)/t15-,16-,18-/m1/s1. The molecular formula is C23H32N4O5. The van der Waals surface area contributed by atoms with Crippen molar-refractivity contribution in [2.45, 2.75) is 77.5 Å². The number of aliphatic imine (C=N–C) groups is 1. The molecule has 1 aliphatic carbocycles. The molecular weight excluding hydrogens is 412 g/mol. The summed E-state index contributed by atoms with van der Waals surface area (Å²) in [6.45, 7) is 9.18. The number of carboxylic acid groups (broad SMARTS) is 1. The van der Waals surface area contributed by atoms with Gasteiger partial charge in [0.1, 0.15) is 5.60 Å². The van der Waals surface area contributed by atoms with E-state index < -0.39 is 35.2 Å². The first-order chi connectivity index (χ1) is 15.0. The van der Waals surface area contributed by atoms with E-state index in [9.17, 15) is 19.5 Å². The highest BCUT2D eigenvalue weighted by atomic mass is 16.6. The smallest absolute Gasteiger partial charge is 0.437 e. The predicted molar refractivity (Wildman–Crippen MR) is 118 cm³/mol. The molecule has 1 aromatic rings. The lowest BCUT2D eigenvalue weighted by atomic mass is 9.85. The molecule has 2 fully saturated rings. The number of aliphatic carboxylic acids is 1. The van der Waals surface area contributed by atoms with Gasteiger partial charge in [0.05, 0.1) is 18.4 Å². The molecule has 1 aromatic heterocycles. The van der Waals surface area contributed by atoms with Crippen LogP contribution >= 0.6 is 0 Å². The molecule has 9 heteroatoms. The fourth-order valence-electron chi connectivity index (χ4n) is 4.24. The second-order valence-corrected chi connectivity index (χ2v) is 9.54. The minimum Gasteiger partial charge on any atom is -0.481 e. The van der Waals surface area contributed by atoms with E-state index in [0.29, 0.717) is 24.8 Å². The molecule has 1 saturated heterocycles. The highest BCUT2D eigenvalue weighted by Crippen LogP contribution is 2.51. The summed E-state index contributed by atoms with van der Waals surface area (Å²) in [4.78, 5) is 47.5. The van der Waals surface area contributed by atoms with Gasteiger partial charge in [0.25, 0.3) is 0 Å². The maximum atomic E-state index is 13.5. The van der Waals surface area contributed by atoms with Crippen LogP contribution in [0.4, 0.5) is 4.79 Å². The maximum absolute atomic E-state index is 13.5. The molecule has 2 aliphatic rings. The largest absolute Gasteiger partial charge is 0.481 e. The lowest BCUT2D eigenvalue weighted by molar-refractivity contribution is -0.140. The summed E-state index contributed by atoms with van der Waals surface area (Å²) in [5, 5.41) is 12.9. The molecule has 2 N–H and O–H groups in total. The van der Waals surface area contributed by atoms with Gasteiger partial charge in [-0.25, -0.2) is 4.79 Å². The third kappa shape index (κ3) is 5.08. The Morgan fingerprint density at radius 3 is 2.56 bits per heavy atom. The van der Waals surface area contributed by atoms with Crippen molar-refractivity contribution >= 4 is 23.9 Å². The van der Waals surface area contributed by atoms with Crippen LogP contribution in [0.3, 0.4) is 0 Å². The zero-order chi connectivity index (χ0) is 23.7. The van der Waals surface area contributed by atoms with Crippen molar-refractivity contribution in [1.82, 2.24) is 15.2 Å². The molecule has 1 aliphatic heterocycles. The van der Waals surface area contributed by atoms with Crippen LogP contribution in [0.2, 0.25) is 0 Å². The molecule has 3 rings (SSSR count). The molecule has 0 spiro atoms. The van der Waals surface area contributed by atoms with E-state index in [0.717, 1.165) is 0 Å². The minimum atomic E-state index is -0.900. The number of hydrogen-bond acceptors (Lipinski definition) is 5. The van der Waals surface area contributed by atoms with E-state index in [-0.39, 0.29) is 24.2 Å². The zero-order valence-electron chi connectivity index (χ0n) is 19.3. The molecule has 0 unspecified atom stereocenters. The van der Waals surface area contributed by atoms with Crippen molar-refractivity contribution in [1.29, 1.82) is 0 Å². The van der Waals surface area contributed by atoms with E-state index in [4.69, 9.17) is 4.74 Å². The lowest BCUT2D eigenvalue weighted by Crippen LogP contribution is -2.63. The topological polar surface area (TPSA) is 121 Å². The summed E-state index contributed by atoms with van der Waals surface area (Å²) in [6.07, 6.45) is 4.41. The molecule has 174 valence electrons. The van der Waals surface area contributed by atoms with Crippen LogP contribution in [0.1, 0.15) is 71.9 Å². The minimum absolute atomic E-state index is 0.101. The normalized spacial score (nSPS) is 24.6.